The highest BCUT2D eigenvalue weighted by Gasteiger charge is 2.14. The summed E-state index contributed by atoms with van der Waals surface area (Å²) >= 11 is 0. The Hall–Kier alpha value is -1.32. The van der Waals surface area contributed by atoms with E-state index in [2.05, 4.69) is 9.88 Å². The topological polar surface area (TPSA) is 36.4 Å². The van der Waals surface area contributed by atoms with Crippen LogP contribution >= 0.6 is 12.4 Å². The highest BCUT2D eigenvalue weighted by molar-refractivity contribution is 5.87. The number of likely N-dealkylation sites (tertiary alicyclic amines) is 1. The van der Waals surface area contributed by atoms with Crippen molar-refractivity contribution in [3.8, 4) is 5.75 Å². The molecule has 0 unspecified atom stereocenters. The van der Waals surface area contributed by atoms with Crippen molar-refractivity contribution >= 4 is 23.3 Å². The Morgan fingerprint density at radius 2 is 1.94 bits per heavy atom. The minimum atomic E-state index is 0. The van der Waals surface area contributed by atoms with Crippen LogP contribution in [0.3, 0.4) is 0 Å². The van der Waals surface area contributed by atoms with E-state index in [0.29, 0.717) is 5.52 Å². The lowest BCUT2D eigenvalue weighted by atomic mass is 10.1. The van der Waals surface area contributed by atoms with Gasteiger partial charge in [-0.1, -0.05) is 12.1 Å². The van der Waals surface area contributed by atoms with Crippen LogP contribution in [-0.4, -0.2) is 28.1 Å². The summed E-state index contributed by atoms with van der Waals surface area (Å²) in [5.41, 5.74) is 1.97. The maximum Gasteiger partial charge on any atom is 0.141 e. The Balaban J connectivity index is 0.00000120. The number of phenolic OH excluding ortho intramolecular Hbond substituents is 1. The molecule has 2 heterocycles. The number of benzene rings is 1. The summed E-state index contributed by atoms with van der Waals surface area (Å²) in [5, 5.41) is 10.8. The van der Waals surface area contributed by atoms with Crippen molar-refractivity contribution in [1.29, 1.82) is 0 Å². The van der Waals surface area contributed by atoms with Gasteiger partial charge in [0.25, 0.3) is 0 Å². The van der Waals surface area contributed by atoms with E-state index in [4.69, 9.17) is 0 Å². The number of hydrogen-bond donors (Lipinski definition) is 1. The Labute approximate surface area is 113 Å². The molecule has 0 atom stereocenters. The van der Waals surface area contributed by atoms with Gasteiger partial charge in [-0.15, -0.1) is 12.4 Å². The van der Waals surface area contributed by atoms with E-state index < -0.39 is 0 Å². The average Bonchev–Trinajstić information content (AvgIpc) is 2.86. The standard InChI is InChI=1S/C14H16N2O.ClH/c17-13-6-5-11(10-16-8-1-2-9-16)12-4-3-7-15-14(12)13;/h3-7,17H,1-2,8-10H2;1H. The second-order valence-corrected chi connectivity index (χ2v) is 4.63. The van der Waals surface area contributed by atoms with Gasteiger partial charge >= 0.3 is 0 Å². The van der Waals surface area contributed by atoms with Crippen LogP contribution in [0.4, 0.5) is 0 Å². The van der Waals surface area contributed by atoms with Crippen molar-refractivity contribution in [2.24, 2.45) is 0 Å². The molecule has 3 nitrogen and oxygen atoms in total. The third-order valence-corrected chi connectivity index (χ3v) is 3.43. The van der Waals surface area contributed by atoms with E-state index in [0.717, 1.165) is 11.9 Å². The fourth-order valence-electron chi connectivity index (χ4n) is 2.54. The lowest BCUT2D eigenvalue weighted by molar-refractivity contribution is 0.332. The predicted octanol–water partition coefficient (Wildman–Crippen LogP) is 2.96. The van der Waals surface area contributed by atoms with Gasteiger partial charge in [0.05, 0.1) is 0 Å². The summed E-state index contributed by atoms with van der Waals surface area (Å²) in [7, 11) is 0. The molecular formula is C14H17ClN2O. The van der Waals surface area contributed by atoms with Crippen LogP contribution in [-0.2, 0) is 6.54 Å². The quantitative estimate of drug-likeness (QED) is 0.906. The van der Waals surface area contributed by atoms with Crippen molar-refractivity contribution in [1.82, 2.24) is 9.88 Å². The molecule has 96 valence electrons. The number of aromatic hydroxyl groups is 1. The van der Waals surface area contributed by atoms with Crippen molar-refractivity contribution < 1.29 is 5.11 Å². The van der Waals surface area contributed by atoms with Crippen LogP contribution < -0.4 is 0 Å². The Morgan fingerprint density at radius 3 is 2.72 bits per heavy atom. The molecule has 0 aliphatic carbocycles. The number of hydrogen-bond acceptors (Lipinski definition) is 3. The maximum atomic E-state index is 9.78. The van der Waals surface area contributed by atoms with E-state index in [1.807, 2.05) is 18.2 Å². The molecule has 1 aliphatic heterocycles. The lowest BCUT2D eigenvalue weighted by Crippen LogP contribution is -2.18. The normalized spacial score (nSPS) is 15.8. The first-order valence-corrected chi connectivity index (χ1v) is 6.12. The molecule has 1 aliphatic rings. The van der Waals surface area contributed by atoms with Crippen molar-refractivity contribution in [3.63, 3.8) is 0 Å². The molecule has 1 N–H and O–H groups in total. The second kappa shape index (κ2) is 5.55. The van der Waals surface area contributed by atoms with Gasteiger partial charge in [-0.3, -0.25) is 9.88 Å². The van der Waals surface area contributed by atoms with E-state index >= 15 is 0 Å². The number of aromatic nitrogens is 1. The monoisotopic (exact) mass is 264 g/mol. The molecule has 0 radical (unpaired) electrons. The van der Waals surface area contributed by atoms with E-state index in [9.17, 15) is 5.11 Å². The van der Waals surface area contributed by atoms with E-state index in [-0.39, 0.29) is 18.2 Å². The molecule has 1 fully saturated rings. The number of nitrogens with zero attached hydrogens (tertiary/aromatic N) is 2. The summed E-state index contributed by atoms with van der Waals surface area (Å²) in [6.45, 7) is 3.33. The molecule has 1 saturated heterocycles. The van der Waals surface area contributed by atoms with Gasteiger partial charge in [0, 0.05) is 18.1 Å². The fourth-order valence-corrected chi connectivity index (χ4v) is 2.54. The summed E-state index contributed by atoms with van der Waals surface area (Å²) in [6.07, 6.45) is 4.32. The smallest absolute Gasteiger partial charge is 0.141 e. The van der Waals surface area contributed by atoms with Crippen molar-refractivity contribution in [3.05, 3.63) is 36.0 Å². The largest absolute Gasteiger partial charge is 0.506 e. The zero-order valence-electron chi connectivity index (χ0n) is 10.2. The molecule has 2 aromatic rings. The molecule has 1 aromatic heterocycles. The zero-order valence-corrected chi connectivity index (χ0v) is 11.0. The molecule has 0 amide bonds. The van der Waals surface area contributed by atoms with Crippen molar-refractivity contribution in [2.75, 3.05) is 13.1 Å². The molecule has 0 bridgehead atoms. The summed E-state index contributed by atoms with van der Waals surface area (Å²) in [6, 6.07) is 7.72. The third kappa shape index (κ3) is 2.42. The summed E-state index contributed by atoms with van der Waals surface area (Å²) in [4.78, 5) is 6.70. The minimum absolute atomic E-state index is 0. The molecular weight excluding hydrogens is 248 g/mol. The van der Waals surface area contributed by atoms with Crippen LogP contribution in [0.15, 0.2) is 30.5 Å². The molecule has 3 rings (SSSR count). The van der Waals surface area contributed by atoms with Gasteiger partial charge in [-0.2, -0.15) is 0 Å². The van der Waals surface area contributed by atoms with Gasteiger partial charge in [0.15, 0.2) is 0 Å². The molecule has 18 heavy (non-hydrogen) atoms. The Morgan fingerprint density at radius 1 is 1.17 bits per heavy atom. The highest BCUT2D eigenvalue weighted by atomic mass is 35.5. The first-order chi connectivity index (χ1) is 8.34. The van der Waals surface area contributed by atoms with Crippen LogP contribution in [0.1, 0.15) is 18.4 Å². The number of rotatable bonds is 2. The predicted molar refractivity (Wildman–Crippen MR) is 75.2 cm³/mol. The maximum absolute atomic E-state index is 9.78. The van der Waals surface area contributed by atoms with Gasteiger partial charge in [0.2, 0.25) is 0 Å². The van der Waals surface area contributed by atoms with Gasteiger partial charge in [-0.25, -0.2) is 0 Å². The van der Waals surface area contributed by atoms with Gasteiger partial charge in [-0.05, 0) is 43.6 Å². The molecule has 4 heteroatoms. The Bertz CT molecular complexity index is 538. The summed E-state index contributed by atoms with van der Waals surface area (Å²) < 4.78 is 0. The van der Waals surface area contributed by atoms with Crippen LogP contribution in [0.2, 0.25) is 0 Å². The third-order valence-electron chi connectivity index (χ3n) is 3.43. The highest BCUT2D eigenvalue weighted by Crippen LogP contribution is 2.26. The Kier molecular flexibility index (Phi) is 4.04. The SMILES string of the molecule is Cl.Oc1ccc(CN2CCCC2)c2cccnc12. The van der Waals surface area contributed by atoms with Crippen molar-refractivity contribution in [2.45, 2.75) is 19.4 Å². The lowest BCUT2D eigenvalue weighted by Gasteiger charge is -2.16. The van der Waals surface area contributed by atoms with Crippen LogP contribution in [0, 0.1) is 0 Å². The van der Waals surface area contributed by atoms with Crippen LogP contribution in [0.5, 0.6) is 5.75 Å². The molecule has 0 saturated carbocycles. The fraction of sp³-hybridized carbons (Fsp3) is 0.357. The average molecular weight is 265 g/mol. The van der Waals surface area contributed by atoms with E-state index in [1.54, 1.807) is 12.3 Å². The number of halogens is 1. The zero-order chi connectivity index (χ0) is 11.7. The minimum Gasteiger partial charge on any atom is -0.506 e. The molecule has 0 spiro atoms. The summed E-state index contributed by atoms with van der Waals surface area (Å²) in [5.74, 6) is 0.269. The molecule has 1 aromatic carbocycles. The van der Waals surface area contributed by atoms with E-state index in [1.165, 1.54) is 31.5 Å². The van der Waals surface area contributed by atoms with Crippen LogP contribution in [0.25, 0.3) is 10.9 Å². The first-order valence-electron chi connectivity index (χ1n) is 6.12. The van der Waals surface area contributed by atoms with Gasteiger partial charge in [0.1, 0.15) is 11.3 Å². The van der Waals surface area contributed by atoms with Gasteiger partial charge < -0.3 is 5.11 Å². The second-order valence-electron chi connectivity index (χ2n) is 4.63. The first kappa shape index (κ1) is 13.1. The number of fused-ring (bicyclic) bond motifs is 1. The number of phenols is 1. The number of pyridine rings is 1.